The van der Waals surface area contributed by atoms with Gasteiger partial charge in [0.1, 0.15) is 23.1 Å². The van der Waals surface area contributed by atoms with Crippen LogP contribution >= 0.6 is 0 Å². The van der Waals surface area contributed by atoms with Crippen molar-refractivity contribution in [2.75, 3.05) is 0 Å². The van der Waals surface area contributed by atoms with Gasteiger partial charge < -0.3 is 15.6 Å². The molecular weight excluding hydrogens is 300 g/mol. The minimum atomic E-state index is -0.316. The Morgan fingerprint density at radius 1 is 1.00 bits per heavy atom. The van der Waals surface area contributed by atoms with Gasteiger partial charge in [-0.2, -0.15) is 5.26 Å². The number of hydrogen-bond acceptors (Lipinski definition) is 4. The van der Waals surface area contributed by atoms with E-state index in [1.165, 1.54) is 6.07 Å². The number of ether oxygens (including phenoxy) is 1. The average molecular weight is 314 g/mol. The molecule has 0 aliphatic carbocycles. The van der Waals surface area contributed by atoms with E-state index in [4.69, 9.17) is 10.5 Å². The topological polar surface area (TPSA) is 79.3 Å². The van der Waals surface area contributed by atoms with E-state index >= 15 is 0 Å². The molecule has 3 aromatic rings. The van der Waals surface area contributed by atoms with E-state index < -0.39 is 0 Å². The van der Waals surface area contributed by atoms with Crippen molar-refractivity contribution in [3.63, 3.8) is 0 Å². The van der Waals surface area contributed by atoms with E-state index in [-0.39, 0.29) is 17.6 Å². The molecule has 1 atom stereocenters. The highest BCUT2D eigenvalue weighted by Crippen LogP contribution is 2.43. The molecule has 24 heavy (non-hydrogen) atoms. The van der Waals surface area contributed by atoms with Gasteiger partial charge >= 0.3 is 0 Å². The van der Waals surface area contributed by atoms with Crippen LogP contribution in [0.25, 0.3) is 10.8 Å². The first-order valence-corrected chi connectivity index (χ1v) is 7.56. The fourth-order valence-electron chi connectivity index (χ4n) is 3.17. The maximum absolute atomic E-state index is 9.69. The molecule has 1 aliphatic rings. The summed E-state index contributed by atoms with van der Waals surface area (Å²) in [6.45, 7) is 0. The summed E-state index contributed by atoms with van der Waals surface area (Å²) < 4.78 is 5.53. The summed E-state index contributed by atoms with van der Waals surface area (Å²) >= 11 is 0. The zero-order chi connectivity index (χ0) is 16.7. The molecule has 0 fully saturated rings. The number of phenolic OH excluding ortho intramolecular Hbond substituents is 1. The summed E-state index contributed by atoms with van der Waals surface area (Å²) in [6.07, 6.45) is 0. The highest BCUT2D eigenvalue weighted by Gasteiger charge is 2.30. The molecule has 1 aliphatic heterocycles. The molecule has 116 valence electrons. The van der Waals surface area contributed by atoms with Crippen LogP contribution in [0.4, 0.5) is 0 Å². The van der Waals surface area contributed by atoms with Crippen molar-refractivity contribution in [3.8, 4) is 17.6 Å². The highest BCUT2D eigenvalue weighted by atomic mass is 16.5. The van der Waals surface area contributed by atoms with Gasteiger partial charge in [0, 0.05) is 11.6 Å². The van der Waals surface area contributed by atoms with Crippen LogP contribution in [0, 0.1) is 11.3 Å². The number of fused-ring (bicyclic) bond motifs is 2. The van der Waals surface area contributed by atoms with E-state index in [9.17, 15) is 10.4 Å². The number of benzene rings is 3. The number of allylic oxidation sites excluding steroid dienone is 1. The first kappa shape index (κ1) is 14.2. The maximum Gasteiger partial charge on any atom is 0.205 e. The Labute approximate surface area is 139 Å². The van der Waals surface area contributed by atoms with Gasteiger partial charge in [-0.05, 0) is 22.4 Å². The van der Waals surface area contributed by atoms with Gasteiger partial charge in [-0.15, -0.1) is 0 Å². The first-order chi connectivity index (χ1) is 11.7. The molecule has 4 rings (SSSR count). The normalized spacial score (nSPS) is 16.4. The molecule has 4 nitrogen and oxygen atoms in total. The third kappa shape index (κ3) is 2.15. The summed E-state index contributed by atoms with van der Waals surface area (Å²) in [4.78, 5) is 0. The van der Waals surface area contributed by atoms with Gasteiger partial charge in [-0.25, -0.2) is 0 Å². The van der Waals surface area contributed by atoms with Crippen molar-refractivity contribution in [3.05, 3.63) is 83.2 Å². The van der Waals surface area contributed by atoms with E-state index in [0.29, 0.717) is 11.3 Å². The van der Waals surface area contributed by atoms with Gasteiger partial charge in [-0.1, -0.05) is 48.5 Å². The second-order valence-electron chi connectivity index (χ2n) is 5.75. The summed E-state index contributed by atoms with van der Waals surface area (Å²) in [7, 11) is 0. The number of nitrogens with zero attached hydrogens (tertiary/aromatic N) is 1. The summed E-state index contributed by atoms with van der Waals surface area (Å²) in [6, 6.07) is 21.2. The molecule has 0 saturated heterocycles. The standard InChI is InChI=1S/C20H14N2O2/c21-11-17-19(14-6-5-12-3-1-2-4-13(12)9-14)16-8-7-15(23)10-18(16)24-20(17)22/h1-10,19,23H,22H2/t19-/m0/s1. The van der Waals surface area contributed by atoms with Crippen molar-refractivity contribution in [1.82, 2.24) is 0 Å². The Hall–Kier alpha value is -3.45. The molecule has 0 spiro atoms. The van der Waals surface area contributed by atoms with Crippen LogP contribution in [-0.4, -0.2) is 5.11 Å². The second kappa shape index (κ2) is 5.32. The lowest BCUT2D eigenvalue weighted by Crippen LogP contribution is -2.20. The predicted octanol–water partition coefficient (Wildman–Crippen LogP) is 3.76. The number of nitrogens with two attached hydrogens (primary N) is 1. The van der Waals surface area contributed by atoms with E-state index in [0.717, 1.165) is 21.9 Å². The minimum Gasteiger partial charge on any atom is -0.508 e. The SMILES string of the molecule is N#CC1=C(N)Oc2cc(O)ccc2[C@@H]1c1ccc2ccccc2c1. The Morgan fingerprint density at radius 2 is 1.79 bits per heavy atom. The Bertz CT molecular complexity index is 1030. The minimum absolute atomic E-state index is 0.0776. The van der Waals surface area contributed by atoms with Crippen molar-refractivity contribution >= 4 is 10.8 Å². The summed E-state index contributed by atoms with van der Waals surface area (Å²) in [5, 5.41) is 21.5. The van der Waals surface area contributed by atoms with Crippen molar-refractivity contribution in [2.24, 2.45) is 5.73 Å². The van der Waals surface area contributed by atoms with Crippen LogP contribution in [0.3, 0.4) is 0 Å². The maximum atomic E-state index is 9.69. The van der Waals surface area contributed by atoms with Crippen LogP contribution in [0.1, 0.15) is 17.0 Å². The molecule has 0 bridgehead atoms. The third-order valence-electron chi connectivity index (χ3n) is 4.31. The number of aromatic hydroxyl groups is 1. The Balaban J connectivity index is 1.95. The average Bonchev–Trinajstić information content (AvgIpc) is 2.60. The van der Waals surface area contributed by atoms with Crippen molar-refractivity contribution < 1.29 is 9.84 Å². The highest BCUT2D eigenvalue weighted by molar-refractivity contribution is 5.83. The number of nitriles is 1. The van der Waals surface area contributed by atoms with Crippen molar-refractivity contribution in [1.29, 1.82) is 5.26 Å². The molecular formula is C20H14N2O2. The van der Waals surface area contributed by atoms with Gasteiger partial charge in [0.25, 0.3) is 0 Å². The lowest BCUT2D eigenvalue weighted by atomic mass is 9.83. The molecule has 4 heteroatoms. The second-order valence-corrected chi connectivity index (χ2v) is 5.75. The van der Waals surface area contributed by atoms with Crippen LogP contribution < -0.4 is 10.5 Å². The molecule has 0 radical (unpaired) electrons. The molecule has 0 unspecified atom stereocenters. The predicted molar refractivity (Wildman–Crippen MR) is 91.4 cm³/mol. The third-order valence-corrected chi connectivity index (χ3v) is 4.31. The van der Waals surface area contributed by atoms with Crippen LogP contribution in [0.15, 0.2) is 72.1 Å². The summed E-state index contributed by atoms with van der Waals surface area (Å²) in [5.41, 5.74) is 8.10. The van der Waals surface area contributed by atoms with E-state index in [1.54, 1.807) is 12.1 Å². The smallest absolute Gasteiger partial charge is 0.205 e. The lowest BCUT2D eigenvalue weighted by Gasteiger charge is -2.26. The zero-order valence-corrected chi connectivity index (χ0v) is 12.7. The lowest BCUT2D eigenvalue weighted by molar-refractivity contribution is 0.388. The van der Waals surface area contributed by atoms with Crippen LogP contribution in [0.2, 0.25) is 0 Å². The fraction of sp³-hybridized carbons (Fsp3) is 0.0500. The number of phenols is 1. The monoisotopic (exact) mass is 314 g/mol. The molecule has 0 amide bonds. The molecule has 3 N–H and O–H groups in total. The van der Waals surface area contributed by atoms with E-state index in [1.807, 2.05) is 36.4 Å². The van der Waals surface area contributed by atoms with Crippen LogP contribution in [0.5, 0.6) is 11.5 Å². The quantitative estimate of drug-likeness (QED) is 0.716. The van der Waals surface area contributed by atoms with Gasteiger partial charge in [-0.3, -0.25) is 0 Å². The molecule has 1 heterocycles. The Morgan fingerprint density at radius 3 is 2.58 bits per heavy atom. The molecule has 3 aromatic carbocycles. The first-order valence-electron chi connectivity index (χ1n) is 7.56. The van der Waals surface area contributed by atoms with Gasteiger partial charge in [0.2, 0.25) is 5.88 Å². The number of hydrogen-bond donors (Lipinski definition) is 2. The Kier molecular flexibility index (Phi) is 3.14. The van der Waals surface area contributed by atoms with Gasteiger partial charge in [0.15, 0.2) is 0 Å². The van der Waals surface area contributed by atoms with Gasteiger partial charge in [0.05, 0.1) is 5.92 Å². The van der Waals surface area contributed by atoms with Crippen LogP contribution in [-0.2, 0) is 0 Å². The fourth-order valence-corrected chi connectivity index (χ4v) is 3.17. The van der Waals surface area contributed by atoms with E-state index in [2.05, 4.69) is 12.1 Å². The summed E-state index contributed by atoms with van der Waals surface area (Å²) in [5.74, 6) is 0.335. The molecule has 0 aromatic heterocycles. The van der Waals surface area contributed by atoms with Crippen molar-refractivity contribution in [2.45, 2.75) is 5.92 Å². The number of rotatable bonds is 1. The largest absolute Gasteiger partial charge is 0.508 e. The molecule has 0 saturated carbocycles. The zero-order valence-electron chi connectivity index (χ0n) is 12.7.